The van der Waals surface area contributed by atoms with Gasteiger partial charge in [-0.25, -0.2) is 4.39 Å². The second kappa shape index (κ2) is 18.9. The normalized spacial score (nSPS) is 14.2. The summed E-state index contributed by atoms with van der Waals surface area (Å²) in [6.07, 6.45) is 3.92. The SMILES string of the molecule is CCC(C)(C)CCC(F)SCCN(CCC(=O)OC(C)(C)CCOC(C)(C)C)CCC(=O)OC(C)(C)CCOC(C)(C)C. The van der Waals surface area contributed by atoms with Gasteiger partial charge in [-0.05, 0) is 87.5 Å². The number of alkyl halides is 1. The Bertz CT molecular complexity index is 754. The fourth-order valence-corrected chi connectivity index (χ4v) is 4.84. The molecule has 0 aromatic carbocycles. The molecule has 0 aromatic heterocycles. The van der Waals surface area contributed by atoms with Crippen LogP contribution in [0.25, 0.3) is 0 Å². The molecular weight excluding hydrogens is 569 g/mol. The van der Waals surface area contributed by atoms with Crippen LogP contribution in [0.3, 0.4) is 0 Å². The van der Waals surface area contributed by atoms with Crippen molar-refractivity contribution in [1.82, 2.24) is 4.90 Å². The van der Waals surface area contributed by atoms with Gasteiger partial charge in [0.25, 0.3) is 0 Å². The summed E-state index contributed by atoms with van der Waals surface area (Å²) in [5, 5.41) is 0. The molecule has 0 radical (unpaired) electrons. The maximum Gasteiger partial charge on any atom is 0.307 e. The molecule has 0 N–H and O–H groups in total. The molecule has 0 bridgehead atoms. The molecule has 0 rings (SSSR count). The lowest BCUT2D eigenvalue weighted by Gasteiger charge is -2.29. The van der Waals surface area contributed by atoms with Crippen molar-refractivity contribution in [3.05, 3.63) is 0 Å². The zero-order valence-electron chi connectivity index (χ0n) is 30.0. The molecule has 0 aromatic rings. The molecule has 0 aliphatic heterocycles. The summed E-state index contributed by atoms with van der Waals surface area (Å²) >= 11 is 1.30. The van der Waals surface area contributed by atoms with E-state index >= 15 is 0 Å². The molecule has 256 valence electrons. The van der Waals surface area contributed by atoms with Crippen LogP contribution in [0.1, 0.15) is 135 Å². The van der Waals surface area contributed by atoms with Crippen molar-refractivity contribution in [2.45, 2.75) is 163 Å². The summed E-state index contributed by atoms with van der Waals surface area (Å²) < 4.78 is 37.7. The molecule has 0 amide bonds. The topological polar surface area (TPSA) is 74.3 Å². The second-order valence-corrected chi connectivity index (χ2v) is 16.8. The Labute approximate surface area is 268 Å². The molecule has 1 unspecified atom stereocenters. The van der Waals surface area contributed by atoms with Crippen molar-refractivity contribution >= 4 is 23.7 Å². The van der Waals surface area contributed by atoms with Gasteiger partial charge in [0, 0.05) is 38.2 Å². The Morgan fingerprint density at radius 1 is 0.698 bits per heavy atom. The molecule has 0 fully saturated rings. The Hall–Kier alpha value is -0.900. The quantitative estimate of drug-likeness (QED) is 0.110. The summed E-state index contributed by atoms with van der Waals surface area (Å²) in [6.45, 7) is 28.4. The van der Waals surface area contributed by atoms with Crippen LogP contribution in [0.15, 0.2) is 0 Å². The first-order valence-corrected chi connectivity index (χ1v) is 17.2. The van der Waals surface area contributed by atoms with Crippen molar-refractivity contribution in [2.24, 2.45) is 5.41 Å². The number of rotatable bonds is 22. The van der Waals surface area contributed by atoms with Crippen LogP contribution in [0, 0.1) is 5.41 Å². The molecule has 0 aliphatic rings. The van der Waals surface area contributed by atoms with E-state index in [-0.39, 0.29) is 41.4 Å². The molecule has 0 aliphatic carbocycles. The first-order valence-electron chi connectivity index (χ1n) is 16.1. The number of hydrogen-bond acceptors (Lipinski definition) is 8. The number of nitrogens with zero attached hydrogens (tertiary/aromatic N) is 1. The third-order valence-electron chi connectivity index (χ3n) is 7.23. The minimum absolute atomic E-state index is 0.136. The van der Waals surface area contributed by atoms with E-state index in [2.05, 4.69) is 20.8 Å². The van der Waals surface area contributed by atoms with Gasteiger partial charge in [-0.1, -0.05) is 27.2 Å². The standard InChI is InChI=1S/C34H66FNO6S/c1-14-32(8,9)18-15-27(35)43-26-23-36(21-16-28(37)41-33(10,11)19-24-39-30(2,3)4)22-17-29(38)42-34(12,13)20-25-40-31(5,6)7/h27H,14-26H2,1-13H3. The summed E-state index contributed by atoms with van der Waals surface area (Å²) in [5.41, 5.74) is -2.60. The number of carbonyl (C=O) groups is 2. The van der Waals surface area contributed by atoms with Crippen LogP contribution in [0.5, 0.6) is 0 Å². The van der Waals surface area contributed by atoms with Gasteiger partial charge in [-0.3, -0.25) is 9.59 Å². The van der Waals surface area contributed by atoms with Gasteiger partial charge in [0.05, 0.1) is 37.3 Å². The maximum absolute atomic E-state index is 14.6. The minimum atomic E-state index is -0.935. The molecule has 0 saturated carbocycles. The monoisotopic (exact) mass is 635 g/mol. The van der Waals surface area contributed by atoms with Gasteiger partial charge < -0.3 is 23.8 Å². The number of halogens is 1. The second-order valence-electron chi connectivity index (χ2n) is 15.6. The molecular formula is C34H66FNO6S. The molecule has 9 heteroatoms. The van der Waals surface area contributed by atoms with E-state index in [1.807, 2.05) is 74.1 Å². The molecule has 1 atom stereocenters. The van der Waals surface area contributed by atoms with Crippen molar-refractivity contribution in [3.8, 4) is 0 Å². The lowest BCUT2D eigenvalue weighted by atomic mass is 9.85. The Balaban J connectivity index is 5.01. The number of hydrogen-bond donors (Lipinski definition) is 0. The molecule has 7 nitrogen and oxygen atoms in total. The van der Waals surface area contributed by atoms with E-state index in [0.29, 0.717) is 57.9 Å². The summed E-state index contributed by atoms with van der Waals surface area (Å²) in [5.74, 6) is -0.0272. The van der Waals surface area contributed by atoms with Crippen LogP contribution in [-0.2, 0) is 28.5 Å². The molecule has 43 heavy (non-hydrogen) atoms. The number of thioether (sulfide) groups is 1. The first-order chi connectivity index (χ1) is 19.4. The number of carbonyl (C=O) groups excluding carboxylic acids is 2. The predicted octanol–water partition coefficient (Wildman–Crippen LogP) is 8.37. The van der Waals surface area contributed by atoms with Gasteiger partial charge in [-0.2, -0.15) is 0 Å². The largest absolute Gasteiger partial charge is 0.460 e. The van der Waals surface area contributed by atoms with Crippen LogP contribution in [-0.4, -0.2) is 83.3 Å². The average molecular weight is 636 g/mol. The lowest BCUT2D eigenvalue weighted by molar-refractivity contribution is -0.159. The van der Waals surface area contributed by atoms with E-state index in [1.165, 1.54) is 11.8 Å². The first kappa shape index (κ1) is 42.1. The highest BCUT2D eigenvalue weighted by Crippen LogP contribution is 2.30. The summed E-state index contributed by atoms with van der Waals surface area (Å²) in [6, 6.07) is 0. The smallest absolute Gasteiger partial charge is 0.307 e. The highest BCUT2D eigenvalue weighted by atomic mass is 32.2. The Kier molecular flexibility index (Phi) is 18.5. The van der Waals surface area contributed by atoms with Crippen LogP contribution < -0.4 is 0 Å². The van der Waals surface area contributed by atoms with E-state index in [4.69, 9.17) is 18.9 Å². The van der Waals surface area contributed by atoms with E-state index < -0.39 is 16.7 Å². The lowest BCUT2D eigenvalue weighted by Crippen LogP contribution is -2.36. The van der Waals surface area contributed by atoms with Crippen molar-refractivity contribution in [2.75, 3.05) is 38.6 Å². The zero-order chi connectivity index (χ0) is 33.5. The zero-order valence-corrected chi connectivity index (χ0v) is 30.8. The highest BCUT2D eigenvalue weighted by molar-refractivity contribution is 7.99. The van der Waals surface area contributed by atoms with Crippen LogP contribution >= 0.6 is 11.8 Å². The minimum Gasteiger partial charge on any atom is -0.460 e. The summed E-state index contributed by atoms with van der Waals surface area (Å²) in [7, 11) is 0. The fraction of sp³-hybridized carbons (Fsp3) is 0.941. The van der Waals surface area contributed by atoms with Crippen molar-refractivity contribution in [3.63, 3.8) is 0 Å². The van der Waals surface area contributed by atoms with Gasteiger partial charge in [-0.15, -0.1) is 11.8 Å². The maximum atomic E-state index is 14.6. The van der Waals surface area contributed by atoms with Crippen LogP contribution in [0.2, 0.25) is 0 Å². The average Bonchev–Trinajstić information content (AvgIpc) is 2.81. The van der Waals surface area contributed by atoms with Crippen molar-refractivity contribution in [1.29, 1.82) is 0 Å². The van der Waals surface area contributed by atoms with Crippen LogP contribution in [0.4, 0.5) is 4.39 Å². The fourth-order valence-electron chi connectivity index (χ4n) is 3.93. The van der Waals surface area contributed by atoms with Gasteiger partial charge in [0.2, 0.25) is 0 Å². The predicted molar refractivity (Wildman–Crippen MR) is 177 cm³/mol. The van der Waals surface area contributed by atoms with Gasteiger partial charge in [0.1, 0.15) is 16.7 Å². The van der Waals surface area contributed by atoms with E-state index in [0.717, 1.165) is 12.8 Å². The number of ether oxygens (including phenoxy) is 4. The van der Waals surface area contributed by atoms with E-state index in [1.54, 1.807) is 0 Å². The van der Waals surface area contributed by atoms with Gasteiger partial charge in [0.15, 0.2) is 0 Å². The highest BCUT2D eigenvalue weighted by Gasteiger charge is 2.26. The Morgan fingerprint density at radius 3 is 1.49 bits per heavy atom. The molecule has 0 spiro atoms. The van der Waals surface area contributed by atoms with E-state index in [9.17, 15) is 14.0 Å². The van der Waals surface area contributed by atoms with Gasteiger partial charge >= 0.3 is 11.9 Å². The van der Waals surface area contributed by atoms with Crippen molar-refractivity contribution < 1.29 is 32.9 Å². The summed E-state index contributed by atoms with van der Waals surface area (Å²) in [4.78, 5) is 27.5. The molecule has 0 saturated heterocycles. The third kappa shape index (κ3) is 25.0. The molecule has 0 heterocycles. The number of esters is 2. The Morgan fingerprint density at radius 2 is 1.12 bits per heavy atom. The third-order valence-corrected chi connectivity index (χ3v) is 8.25.